The molecule has 0 spiro atoms. The minimum Gasteiger partial charge on any atom is -0.378 e. The number of morpholine rings is 1. The molecule has 0 saturated carbocycles. The number of anilines is 2. The molecule has 10 heteroatoms. The van der Waals surface area contributed by atoms with E-state index in [1.54, 1.807) is 0 Å². The van der Waals surface area contributed by atoms with Crippen molar-refractivity contribution in [2.45, 2.75) is 45.3 Å². The quantitative estimate of drug-likeness (QED) is 0.481. The van der Waals surface area contributed by atoms with Gasteiger partial charge < -0.3 is 15.0 Å². The van der Waals surface area contributed by atoms with Crippen molar-refractivity contribution in [3.8, 4) is 0 Å². The maximum Gasteiger partial charge on any atom is 0.416 e. The average Bonchev–Trinajstić information content (AvgIpc) is 3.07. The van der Waals surface area contributed by atoms with Crippen LogP contribution >= 0.6 is 0 Å². The van der Waals surface area contributed by atoms with Crippen LogP contribution in [0.5, 0.6) is 0 Å². The zero-order valence-corrected chi connectivity index (χ0v) is 19.8. The van der Waals surface area contributed by atoms with E-state index in [2.05, 4.69) is 5.32 Å². The molecule has 0 radical (unpaired) electrons. The maximum atomic E-state index is 13.5. The molecule has 190 valence electrons. The molecule has 4 rings (SSSR count). The number of halogens is 3. The number of nitrogens with one attached hydrogen (secondary N) is 1. The normalized spacial score (nSPS) is 23.6. The van der Waals surface area contributed by atoms with Crippen molar-refractivity contribution in [1.29, 1.82) is 0 Å². The fraction of sp³-hybridized carbons (Fsp3) is 0.560. The summed E-state index contributed by atoms with van der Waals surface area (Å²) in [7, 11) is 0. The Morgan fingerprint density at radius 1 is 1.09 bits per heavy atom. The highest BCUT2D eigenvalue weighted by Crippen LogP contribution is 2.39. The number of ether oxygens (including phenoxy) is 1. The molecule has 0 unspecified atom stereocenters. The predicted octanol–water partition coefficient (Wildman–Crippen LogP) is 3.85. The lowest BCUT2D eigenvalue weighted by Gasteiger charge is -2.32. The van der Waals surface area contributed by atoms with E-state index in [0.717, 1.165) is 17.0 Å². The summed E-state index contributed by atoms with van der Waals surface area (Å²) in [5, 5.41) is 2.64. The highest BCUT2D eigenvalue weighted by atomic mass is 19.4. The molecular formula is C25H30F3N3O4. The zero-order chi connectivity index (χ0) is 25.3. The Hall–Kier alpha value is -2.88. The Bertz CT molecular complexity index is 992. The molecule has 1 N–H and O–H groups in total. The molecule has 1 aromatic rings. The van der Waals surface area contributed by atoms with E-state index >= 15 is 0 Å². The lowest BCUT2D eigenvalue weighted by molar-refractivity contribution is -0.147. The van der Waals surface area contributed by atoms with Crippen LogP contribution in [0.1, 0.15) is 38.7 Å². The molecule has 1 aromatic carbocycles. The molecule has 2 saturated heterocycles. The molecule has 1 aliphatic carbocycles. The largest absolute Gasteiger partial charge is 0.416 e. The van der Waals surface area contributed by atoms with E-state index in [0.29, 0.717) is 44.8 Å². The first-order valence-electron chi connectivity index (χ1n) is 11.9. The molecule has 2 aliphatic heterocycles. The van der Waals surface area contributed by atoms with Crippen LogP contribution in [0.15, 0.2) is 30.4 Å². The number of rotatable bonds is 6. The number of hydrogen-bond donors (Lipinski definition) is 1. The number of nitrogens with zero attached hydrogens (tertiary/aromatic N) is 2. The third kappa shape index (κ3) is 5.22. The van der Waals surface area contributed by atoms with Crippen molar-refractivity contribution in [2.24, 2.45) is 17.8 Å². The summed E-state index contributed by atoms with van der Waals surface area (Å²) in [5.41, 5.74) is -0.454. The summed E-state index contributed by atoms with van der Waals surface area (Å²) in [4.78, 5) is 42.7. The van der Waals surface area contributed by atoms with Crippen LogP contribution in [0.25, 0.3) is 0 Å². The Labute approximate surface area is 202 Å². The second kappa shape index (κ2) is 10.0. The number of alkyl halides is 3. The van der Waals surface area contributed by atoms with Crippen molar-refractivity contribution < 1.29 is 32.3 Å². The minimum atomic E-state index is -4.59. The smallest absolute Gasteiger partial charge is 0.378 e. The van der Waals surface area contributed by atoms with Gasteiger partial charge in [0.1, 0.15) is 6.04 Å². The molecule has 3 aliphatic rings. The Balaban J connectivity index is 1.66. The second-order valence-corrected chi connectivity index (χ2v) is 9.67. The van der Waals surface area contributed by atoms with Crippen LogP contribution in [-0.2, 0) is 25.3 Å². The predicted molar refractivity (Wildman–Crippen MR) is 124 cm³/mol. The van der Waals surface area contributed by atoms with E-state index in [-0.39, 0.29) is 29.8 Å². The Morgan fingerprint density at radius 2 is 1.69 bits per heavy atom. The number of benzene rings is 1. The monoisotopic (exact) mass is 493 g/mol. The summed E-state index contributed by atoms with van der Waals surface area (Å²) in [6.45, 7) is 5.48. The maximum absolute atomic E-state index is 13.5. The van der Waals surface area contributed by atoms with E-state index in [4.69, 9.17) is 4.74 Å². The number of carbonyl (C=O) groups excluding carboxylic acids is 3. The summed E-state index contributed by atoms with van der Waals surface area (Å²) >= 11 is 0. The molecule has 3 atom stereocenters. The molecule has 2 heterocycles. The second-order valence-electron chi connectivity index (χ2n) is 9.67. The SMILES string of the molecule is CC(C)C[C@H](C(=O)Nc1cc(C(F)(F)F)ccc1N1CCOCC1)N1C(=O)[C@H]2CC=CC[C@H]2C1=O. The fourth-order valence-corrected chi connectivity index (χ4v) is 5.02. The number of likely N-dealkylation sites (tertiary alicyclic amines) is 1. The Kier molecular flexibility index (Phi) is 7.21. The third-order valence-electron chi connectivity index (χ3n) is 6.78. The zero-order valence-electron chi connectivity index (χ0n) is 19.8. The first kappa shape index (κ1) is 25.2. The molecule has 2 fully saturated rings. The highest BCUT2D eigenvalue weighted by molar-refractivity contribution is 6.10. The number of carbonyl (C=O) groups is 3. The van der Waals surface area contributed by atoms with Crippen molar-refractivity contribution in [3.05, 3.63) is 35.9 Å². The van der Waals surface area contributed by atoms with Crippen LogP contribution in [-0.4, -0.2) is 55.0 Å². The van der Waals surface area contributed by atoms with Crippen molar-refractivity contribution in [3.63, 3.8) is 0 Å². The number of allylic oxidation sites excluding steroid dienone is 2. The standard InChI is InChI=1S/C25H30F3N3O4/c1-15(2)13-21(31-23(33)17-5-3-4-6-18(17)24(31)34)22(32)29-19-14-16(25(26,27)28)7-8-20(19)30-9-11-35-12-10-30/h3-4,7-8,14-15,17-18,21H,5-6,9-13H2,1-2H3,(H,29,32)/t17-,18+,21-/m1/s1. The van der Waals surface area contributed by atoms with E-state index in [1.807, 2.05) is 30.9 Å². The van der Waals surface area contributed by atoms with Crippen molar-refractivity contribution in [1.82, 2.24) is 4.90 Å². The van der Waals surface area contributed by atoms with Gasteiger partial charge in [-0.2, -0.15) is 13.2 Å². The van der Waals surface area contributed by atoms with Gasteiger partial charge in [-0.25, -0.2) is 0 Å². The lowest BCUT2D eigenvalue weighted by atomic mass is 9.85. The van der Waals surface area contributed by atoms with Crippen LogP contribution in [0, 0.1) is 17.8 Å². The van der Waals surface area contributed by atoms with Gasteiger partial charge in [0.25, 0.3) is 0 Å². The molecule has 7 nitrogen and oxygen atoms in total. The van der Waals surface area contributed by atoms with Gasteiger partial charge in [-0.05, 0) is 43.4 Å². The van der Waals surface area contributed by atoms with Gasteiger partial charge in [-0.1, -0.05) is 26.0 Å². The third-order valence-corrected chi connectivity index (χ3v) is 6.78. The minimum absolute atomic E-state index is 0.00124. The van der Waals surface area contributed by atoms with Crippen molar-refractivity contribution >= 4 is 29.1 Å². The summed E-state index contributed by atoms with van der Waals surface area (Å²) in [5.74, 6) is -2.46. The Morgan fingerprint density at radius 3 is 2.23 bits per heavy atom. The molecule has 3 amide bonds. The van der Waals surface area contributed by atoms with Gasteiger partial charge in [0.2, 0.25) is 17.7 Å². The number of fused-ring (bicyclic) bond motifs is 1. The van der Waals surface area contributed by atoms with Gasteiger partial charge in [-0.15, -0.1) is 0 Å². The van der Waals surface area contributed by atoms with Crippen molar-refractivity contribution in [2.75, 3.05) is 36.5 Å². The first-order valence-corrected chi connectivity index (χ1v) is 11.9. The molecule has 0 aromatic heterocycles. The highest BCUT2D eigenvalue weighted by Gasteiger charge is 2.51. The van der Waals surface area contributed by atoms with Crippen LogP contribution in [0.2, 0.25) is 0 Å². The van der Waals surface area contributed by atoms with Gasteiger partial charge in [0, 0.05) is 13.1 Å². The van der Waals surface area contributed by atoms with Crippen LogP contribution in [0.4, 0.5) is 24.5 Å². The van der Waals surface area contributed by atoms with E-state index in [9.17, 15) is 27.6 Å². The van der Waals surface area contributed by atoms with Gasteiger partial charge in [-0.3, -0.25) is 19.3 Å². The fourth-order valence-electron chi connectivity index (χ4n) is 5.02. The molecule has 35 heavy (non-hydrogen) atoms. The number of imide groups is 1. The van der Waals surface area contributed by atoms with Gasteiger partial charge in [0.05, 0.1) is 42.0 Å². The summed E-state index contributed by atoms with van der Waals surface area (Å²) in [6, 6.07) is 2.13. The number of amides is 3. The van der Waals surface area contributed by atoms with Gasteiger partial charge in [0.15, 0.2) is 0 Å². The first-order chi connectivity index (χ1) is 16.6. The average molecular weight is 494 g/mol. The van der Waals surface area contributed by atoms with Crippen LogP contribution < -0.4 is 10.2 Å². The van der Waals surface area contributed by atoms with Gasteiger partial charge >= 0.3 is 6.18 Å². The topological polar surface area (TPSA) is 79.0 Å². The summed E-state index contributed by atoms with van der Waals surface area (Å²) in [6.07, 6.45) is 0.230. The lowest BCUT2D eigenvalue weighted by Crippen LogP contribution is -2.48. The summed E-state index contributed by atoms with van der Waals surface area (Å²) < 4.78 is 45.8. The van der Waals surface area contributed by atoms with Crippen LogP contribution in [0.3, 0.4) is 0 Å². The van der Waals surface area contributed by atoms with E-state index < -0.39 is 35.5 Å². The molecular weight excluding hydrogens is 463 g/mol. The molecule has 0 bridgehead atoms. The van der Waals surface area contributed by atoms with E-state index in [1.165, 1.54) is 6.07 Å². The number of hydrogen-bond acceptors (Lipinski definition) is 5.